The number of para-hydroxylation sites is 1. The number of anilines is 2. The highest BCUT2D eigenvalue weighted by Crippen LogP contribution is 2.32. The molecule has 2 aromatic carbocycles. The Hall–Kier alpha value is -3.33. The molecule has 9 heteroatoms. The van der Waals surface area contributed by atoms with Crippen LogP contribution in [0, 0.1) is 5.92 Å². The molecule has 0 aliphatic carbocycles. The number of benzene rings is 2. The molecule has 4 amide bonds. The van der Waals surface area contributed by atoms with Crippen LogP contribution in [0.25, 0.3) is 0 Å². The number of hydrogen-bond acceptors (Lipinski definition) is 4. The van der Waals surface area contributed by atoms with E-state index in [1.165, 1.54) is 0 Å². The highest BCUT2D eigenvalue weighted by atomic mass is 79.9. The Kier molecular flexibility index (Phi) is 8.92. The minimum absolute atomic E-state index is 0.191. The van der Waals surface area contributed by atoms with Crippen LogP contribution in [0.15, 0.2) is 64.3 Å². The summed E-state index contributed by atoms with van der Waals surface area (Å²) < 4.78 is 6.30. The number of nitrogens with one attached hydrogen (secondary N) is 3. The monoisotopic (exact) mass is 542 g/mol. The number of carbonyl (C=O) groups excluding carboxylic acids is 3. The van der Waals surface area contributed by atoms with Gasteiger partial charge in [-0.1, -0.05) is 45.0 Å². The number of rotatable bonds is 8. The number of hydrogen-bond donors (Lipinski definition) is 3. The van der Waals surface area contributed by atoms with Crippen molar-refractivity contribution < 1.29 is 19.1 Å². The molecule has 1 aliphatic rings. The van der Waals surface area contributed by atoms with Gasteiger partial charge in [0, 0.05) is 22.4 Å². The van der Waals surface area contributed by atoms with E-state index in [9.17, 15) is 14.4 Å². The minimum atomic E-state index is -0.654. The largest absolute Gasteiger partial charge is 0.462 e. The summed E-state index contributed by atoms with van der Waals surface area (Å²) in [7, 11) is 0. The number of ether oxygens (including phenoxy) is 1. The van der Waals surface area contributed by atoms with Gasteiger partial charge in [-0.05, 0) is 65.0 Å². The van der Waals surface area contributed by atoms with Gasteiger partial charge in [0.15, 0.2) is 0 Å². The normalized spacial score (nSPS) is 15.7. The van der Waals surface area contributed by atoms with Crippen LogP contribution in [0.3, 0.4) is 0 Å². The maximum atomic E-state index is 13.0. The Morgan fingerprint density at radius 3 is 2.43 bits per heavy atom. The van der Waals surface area contributed by atoms with Crippen molar-refractivity contribution in [1.29, 1.82) is 0 Å². The van der Waals surface area contributed by atoms with Crippen LogP contribution < -0.4 is 16.0 Å². The molecule has 0 saturated heterocycles. The van der Waals surface area contributed by atoms with Gasteiger partial charge in [0.2, 0.25) is 0 Å². The van der Waals surface area contributed by atoms with E-state index < -0.39 is 12.0 Å². The molecule has 3 N–H and O–H groups in total. The zero-order valence-corrected chi connectivity index (χ0v) is 21.9. The smallest absolute Gasteiger partial charge is 0.338 e. The predicted octanol–water partition coefficient (Wildman–Crippen LogP) is 6.04. The van der Waals surface area contributed by atoms with Gasteiger partial charge < -0.3 is 20.7 Å². The standard InChI is InChI=1S/C26H31BrN4O4/c1-5-14-31-17(4)22(24(32)35-15-16(2)3)23(30-26(31)34)18-10-12-19(13-11-18)28-25(33)29-21-9-7-6-8-20(21)27/h6-13,16,23H,5,14-15H2,1-4H3,(H,30,34)(H2,28,29,33)/t23-/m0/s1. The van der Waals surface area contributed by atoms with Crippen LogP contribution >= 0.6 is 15.9 Å². The summed E-state index contributed by atoms with van der Waals surface area (Å²) in [6.45, 7) is 8.48. The number of esters is 1. The molecule has 35 heavy (non-hydrogen) atoms. The Bertz CT molecular complexity index is 1110. The SMILES string of the molecule is CCCN1C(=O)N[C@@H](c2ccc(NC(=O)Nc3ccccc3Br)cc2)C(C(=O)OCC(C)C)=C1C. The lowest BCUT2D eigenvalue weighted by atomic mass is 9.94. The first-order chi connectivity index (χ1) is 16.7. The maximum Gasteiger partial charge on any atom is 0.338 e. The number of halogens is 1. The summed E-state index contributed by atoms with van der Waals surface area (Å²) in [6.07, 6.45) is 0.756. The van der Waals surface area contributed by atoms with E-state index in [1.807, 2.05) is 39.0 Å². The Labute approximate surface area is 214 Å². The van der Waals surface area contributed by atoms with Crippen molar-refractivity contribution in [1.82, 2.24) is 10.2 Å². The summed E-state index contributed by atoms with van der Waals surface area (Å²) in [4.78, 5) is 39.8. The topological polar surface area (TPSA) is 99.8 Å². The zero-order valence-electron chi connectivity index (χ0n) is 20.4. The average molecular weight is 543 g/mol. The van der Waals surface area contributed by atoms with Gasteiger partial charge in [0.25, 0.3) is 0 Å². The van der Waals surface area contributed by atoms with Gasteiger partial charge in [-0.2, -0.15) is 0 Å². The second kappa shape index (κ2) is 11.9. The molecule has 1 aliphatic heterocycles. The van der Waals surface area contributed by atoms with Crippen molar-refractivity contribution in [3.05, 3.63) is 69.8 Å². The average Bonchev–Trinajstić information content (AvgIpc) is 2.82. The second-order valence-corrected chi connectivity index (χ2v) is 9.56. The molecule has 0 unspecified atom stereocenters. The van der Waals surface area contributed by atoms with Gasteiger partial charge >= 0.3 is 18.0 Å². The van der Waals surface area contributed by atoms with Crippen LogP contribution in [0.1, 0.15) is 45.7 Å². The molecule has 1 atom stereocenters. The molecule has 0 saturated carbocycles. The summed E-state index contributed by atoms with van der Waals surface area (Å²) in [5.74, 6) is -0.256. The zero-order chi connectivity index (χ0) is 25.5. The molecule has 0 bridgehead atoms. The van der Waals surface area contributed by atoms with Gasteiger partial charge in [-0.25, -0.2) is 14.4 Å². The van der Waals surface area contributed by atoms with Crippen LogP contribution in [-0.4, -0.2) is 36.1 Å². The molecular weight excluding hydrogens is 512 g/mol. The van der Waals surface area contributed by atoms with E-state index in [0.717, 1.165) is 10.9 Å². The summed E-state index contributed by atoms with van der Waals surface area (Å²) in [6, 6.07) is 13.0. The molecule has 0 spiro atoms. The number of amides is 4. The molecule has 186 valence electrons. The molecule has 2 aromatic rings. The maximum absolute atomic E-state index is 13.0. The first-order valence-corrected chi connectivity index (χ1v) is 12.4. The molecule has 0 radical (unpaired) electrons. The van der Waals surface area contributed by atoms with Crippen LogP contribution in [-0.2, 0) is 9.53 Å². The lowest BCUT2D eigenvalue weighted by molar-refractivity contribution is -0.140. The number of allylic oxidation sites excluding steroid dienone is 1. The third kappa shape index (κ3) is 6.63. The van der Waals surface area contributed by atoms with E-state index in [2.05, 4.69) is 31.9 Å². The molecule has 0 aromatic heterocycles. The number of urea groups is 2. The first kappa shape index (κ1) is 26.3. The number of nitrogens with zero attached hydrogens (tertiary/aromatic N) is 1. The Morgan fingerprint density at radius 1 is 1.11 bits per heavy atom. The lowest BCUT2D eigenvalue weighted by Crippen LogP contribution is -2.48. The van der Waals surface area contributed by atoms with E-state index in [1.54, 1.807) is 42.2 Å². The lowest BCUT2D eigenvalue weighted by Gasteiger charge is -2.35. The summed E-state index contributed by atoms with van der Waals surface area (Å²) in [5, 5.41) is 8.51. The second-order valence-electron chi connectivity index (χ2n) is 8.71. The minimum Gasteiger partial charge on any atom is -0.462 e. The molecule has 1 heterocycles. The molecule has 8 nitrogen and oxygen atoms in total. The third-order valence-corrected chi connectivity index (χ3v) is 6.13. The third-order valence-electron chi connectivity index (χ3n) is 5.44. The number of carbonyl (C=O) groups is 3. The van der Waals surface area contributed by atoms with Gasteiger partial charge in [0.05, 0.1) is 23.9 Å². The van der Waals surface area contributed by atoms with Crippen molar-refractivity contribution in [2.45, 2.75) is 40.2 Å². The van der Waals surface area contributed by atoms with Crippen LogP contribution in [0.2, 0.25) is 0 Å². The van der Waals surface area contributed by atoms with E-state index in [0.29, 0.717) is 41.4 Å². The fourth-order valence-corrected chi connectivity index (χ4v) is 4.10. The van der Waals surface area contributed by atoms with E-state index in [4.69, 9.17) is 4.74 Å². The Morgan fingerprint density at radius 2 is 1.80 bits per heavy atom. The first-order valence-electron chi connectivity index (χ1n) is 11.6. The Balaban J connectivity index is 1.80. The summed E-state index contributed by atoms with van der Waals surface area (Å²) in [5.41, 5.74) is 2.92. The van der Waals surface area contributed by atoms with E-state index in [-0.39, 0.29) is 18.0 Å². The fourth-order valence-electron chi connectivity index (χ4n) is 3.71. The molecule has 0 fully saturated rings. The molecular formula is C26H31BrN4O4. The van der Waals surface area contributed by atoms with Crippen molar-refractivity contribution in [3.8, 4) is 0 Å². The highest BCUT2D eigenvalue weighted by Gasteiger charge is 2.36. The highest BCUT2D eigenvalue weighted by molar-refractivity contribution is 9.10. The van der Waals surface area contributed by atoms with E-state index >= 15 is 0 Å². The quantitative estimate of drug-likeness (QED) is 0.354. The summed E-state index contributed by atoms with van der Waals surface area (Å²) >= 11 is 3.40. The van der Waals surface area contributed by atoms with Gasteiger partial charge in [-0.3, -0.25) is 4.90 Å². The fraction of sp³-hybridized carbons (Fsp3) is 0.346. The van der Waals surface area contributed by atoms with Gasteiger partial charge in [0.1, 0.15) is 0 Å². The van der Waals surface area contributed by atoms with Crippen LogP contribution in [0.5, 0.6) is 0 Å². The predicted molar refractivity (Wildman–Crippen MR) is 140 cm³/mol. The van der Waals surface area contributed by atoms with Gasteiger partial charge in [-0.15, -0.1) is 0 Å². The van der Waals surface area contributed by atoms with Crippen LogP contribution in [0.4, 0.5) is 21.0 Å². The van der Waals surface area contributed by atoms with Crippen molar-refractivity contribution in [2.24, 2.45) is 5.92 Å². The van der Waals surface area contributed by atoms with Crippen molar-refractivity contribution in [2.75, 3.05) is 23.8 Å². The van der Waals surface area contributed by atoms with Crippen molar-refractivity contribution in [3.63, 3.8) is 0 Å². The molecule has 3 rings (SSSR count). The van der Waals surface area contributed by atoms with Crippen molar-refractivity contribution >= 4 is 45.3 Å².